The van der Waals surface area contributed by atoms with Gasteiger partial charge in [0.1, 0.15) is 0 Å². The normalized spacial score (nSPS) is 22.1. The van der Waals surface area contributed by atoms with E-state index in [1.165, 1.54) is 5.56 Å². The van der Waals surface area contributed by atoms with Crippen molar-refractivity contribution in [1.82, 2.24) is 0 Å². The largest absolute Gasteiger partial charge is 0.399 e. The summed E-state index contributed by atoms with van der Waals surface area (Å²) in [6.07, 6.45) is 9.27. The third-order valence-corrected chi connectivity index (χ3v) is 4.11. The molecule has 2 aliphatic rings. The zero-order valence-electron chi connectivity index (χ0n) is 11.1. The highest BCUT2D eigenvalue weighted by molar-refractivity contribution is 5.96. The molecule has 1 aromatic carbocycles. The van der Waals surface area contributed by atoms with Crippen LogP contribution in [-0.4, -0.2) is 12.5 Å². The molecule has 1 heterocycles. The molecule has 0 saturated heterocycles. The number of fused-ring (bicyclic) bond motifs is 1. The van der Waals surface area contributed by atoms with Crippen LogP contribution < -0.4 is 10.6 Å². The Morgan fingerprint density at radius 1 is 1.32 bits per heavy atom. The van der Waals surface area contributed by atoms with Gasteiger partial charge in [-0.25, -0.2) is 0 Å². The van der Waals surface area contributed by atoms with Gasteiger partial charge in [-0.3, -0.25) is 4.79 Å². The molecule has 3 rings (SSSR count). The number of benzene rings is 1. The van der Waals surface area contributed by atoms with E-state index in [1.807, 2.05) is 23.1 Å². The molecule has 0 bridgehead atoms. The predicted molar refractivity (Wildman–Crippen MR) is 78.0 cm³/mol. The molecular weight excluding hydrogens is 236 g/mol. The maximum atomic E-state index is 12.7. The molecule has 19 heavy (non-hydrogen) atoms. The number of carbonyl (C=O) groups is 1. The van der Waals surface area contributed by atoms with Crippen molar-refractivity contribution in [3.63, 3.8) is 0 Å². The van der Waals surface area contributed by atoms with Crippen molar-refractivity contribution < 1.29 is 4.79 Å². The van der Waals surface area contributed by atoms with E-state index >= 15 is 0 Å². The Kier molecular flexibility index (Phi) is 3.28. The summed E-state index contributed by atoms with van der Waals surface area (Å²) in [6.45, 7) is 0.843. The SMILES string of the molecule is Nc1ccc2c(c1)CCCN2C(=O)C1CC=CCC1. The number of nitrogens with two attached hydrogens (primary N) is 1. The molecule has 1 unspecified atom stereocenters. The number of rotatable bonds is 1. The Morgan fingerprint density at radius 3 is 3.00 bits per heavy atom. The lowest BCUT2D eigenvalue weighted by Crippen LogP contribution is -2.40. The van der Waals surface area contributed by atoms with E-state index in [0.717, 1.165) is 50.0 Å². The van der Waals surface area contributed by atoms with Crippen LogP contribution in [0.4, 0.5) is 11.4 Å². The van der Waals surface area contributed by atoms with E-state index in [-0.39, 0.29) is 11.8 Å². The van der Waals surface area contributed by atoms with Crippen LogP contribution in [0.25, 0.3) is 0 Å². The summed E-state index contributed by atoms with van der Waals surface area (Å²) in [6, 6.07) is 5.90. The Morgan fingerprint density at radius 2 is 2.21 bits per heavy atom. The number of aryl methyl sites for hydroxylation is 1. The fourth-order valence-electron chi connectivity index (χ4n) is 3.08. The number of carbonyl (C=O) groups excluding carboxylic acids is 1. The molecule has 3 heteroatoms. The van der Waals surface area contributed by atoms with Gasteiger partial charge in [-0.15, -0.1) is 0 Å². The summed E-state index contributed by atoms with van der Waals surface area (Å²) in [4.78, 5) is 14.6. The third kappa shape index (κ3) is 2.37. The van der Waals surface area contributed by atoms with Crippen LogP contribution >= 0.6 is 0 Å². The molecule has 1 aliphatic carbocycles. The minimum absolute atomic E-state index is 0.161. The highest BCUT2D eigenvalue weighted by Crippen LogP contribution is 2.31. The minimum Gasteiger partial charge on any atom is -0.399 e. The van der Waals surface area contributed by atoms with E-state index < -0.39 is 0 Å². The van der Waals surface area contributed by atoms with E-state index in [9.17, 15) is 4.79 Å². The van der Waals surface area contributed by atoms with Crippen molar-refractivity contribution in [1.29, 1.82) is 0 Å². The summed E-state index contributed by atoms with van der Waals surface area (Å²) >= 11 is 0. The number of nitrogens with zero attached hydrogens (tertiary/aromatic N) is 1. The summed E-state index contributed by atoms with van der Waals surface area (Å²) in [5.74, 6) is 0.448. The van der Waals surface area contributed by atoms with Crippen molar-refractivity contribution in [2.75, 3.05) is 17.2 Å². The Balaban J connectivity index is 1.86. The molecular formula is C16H20N2O. The first-order valence-electron chi connectivity index (χ1n) is 7.10. The van der Waals surface area contributed by atoms with Crippen LogP contribution in [-0.2, 0) is 11.2 Å². The first kappa shape index (κ1) is 12.3. The van der Waals surface area contributed by atoms with Crippen molar-refractivity contribution >= 4 is 17.3 Å². The second-order valence-electron chi connectivity index (χ2n) is 5.46. The molecule has 0 saturated carbocycles. The third-order valence-electron chi connectivity index (χ3n) is 4.11. The predicted octanol–water partition coefficient (Wildman–Crippen LogP) is 2.90. The zero-order valence-corrected chi connectivity index (χ0v) is 11.1. The molecule has 0 aromatic heterocycles. The molecule has 3 nitrogen and oxygen atoms in total. The topological polar surface area (TPSA) is 46.3 Å². The van der Waals surface area contributed by atoms with E-state index in [0.29, 0.717) is 0 Å². The summed E-state index contributed by atoms with van der Waals surface area (Å²) in [7, 11) is 0. The van der Waals surface area contributed by atoms with Crippen LogP contribution in [0, 0.1) is 5.92 Å². The molecule has 0 spiro atoms. The summed E-state index contributed by atoms with van der Waals surface area (Å²) < 4.78 is 0. The summed E-state index contributed by atoms with van der Waals surface area (Å²) in [5, 5.41) is 0. The molecule has 1 aromatic rings. The second-order valence-corrected chi connectivity index (χ2v) is 5.46. The average Bonchev–Trinajstić information content (AvgIpc) is 2.46. The maximum Gasteiger partial charge on any atom is 0.230 e. The quantitative estimate of drug-likeness (QED) is 0.620. The van der Waals surface area contributed by atoms with Crippen LogP contribution in [0.2, 0.25) is 0 Å². The number of allylic oxidation sites excluding steroid dienone is 2. The molecule has 2 N–H and O–H groups in total. The minimum atomic E-state index is 0.161. The van der Waals surface area contributed by atoms with Crippen molar-refractivity contribution in [2.24, 2.45) is 5.92 Å². The molecule has 0 fully saturated rings. The molecule has 1 atom stereocenters. The van der Waals surface area contributed by atoms with Gasteiger partial charge in [0.05, 0.1) is 0 Å². The van der Waals surface area contributed by atoms with Gasteiger partial charge in [0, 0.05) is 23.8 Å². The lowest BCUT2D eigenvalue weighted by molar-refractivity contribution is -0.122. The van der Waals surface area contributed by atoms with Crippen LogP contribution in [0.1, 0.15) is 31.2 Å². The van der Waals surface area contributed by atoms with Crippen molar-refractivity contribution in [3.05, 3.63) is 35.9 Å². The molecule has 1 amide bonds. The first-order chi connectivity index (χ1) is 9.25. The van der Waals surface area contributed by atoms with Gasteiger partial charge in [0.2, 0.25) is 5.91 Å². The van der Waals surface area contributed by atoms with Gasteiger partial charge in [-0.2, -0.15) is 0 Å². The van der Waals surface area contributed by atoms with E-state index in [4.69, 9.17) is 5.73 Å². The molecule has 100 valence electrons. The van der Waals surface area contributed by atoms with Gasteiger partial charge in [0.15, 0.2) is 0 Å². The molecule has 0 radical (unpaired) electrons. The summed E-state index contributed by atoms with van der Waals surface area (Å²) in [5.41, 5.74) is 8.90. The Bertz CT molecular complexity index is 521. The average molecular weight is 256 g/mol. The number of hydrogen-bond donors (Lipinski definition) is 1. The number of nitrogen functional groups attached to an aromatic ring is 1. The fourth-order valence-corrected chi connectivity index (χ4v) is 3.08. The maximum absolute atomic E-state index is 12.7. The van der Waals surface area contributed by atoms with Crippen molar-refractivity contribution in [3.8, 4) is 0 Å². The standard InChI is InChI=1S/C16H20N2O/c17-14-8-9-15-13(11-14)7-4-10-18(15)16(19)12-5-2-1-3-6-12/h1-2,8-9,11-12H,3-7,10,17H2. The van der Waals surface area contributed by atoms with Crippen LogP contribution in [0.3, 0.4) is 0 Å². The smallest absolute Gasteiger partial charge is 0.230 e. The van der Waals surface area contributed by atoms with Crippen molar-refractivity contribution in [2.45, 2.75) is 32.1 Å². The monoisotopic (exact) mass is 256 g/mol. The second kappa shape index (κ2) is 5.08. The van der Waals surface area contributed by atoms with Gasteiger partial charge >= 0.3 is 0 Å². The zero-order chi connectivity index (χ0) is 13.2. The van der Waals surface area contributed by atoms with Crippen LogP contribution in [0.15, 0.2) is 30.4 Å². The van der Waals surface area contributed by atoms with Gasteiger partial charge in [-0.1, -0.05) is 12.2 Å². The highest BCUT2D eigenvalue weighted by Gasteiger charge is 2.28. The Labute approximate surface area is 114 Å². The highest BCUT2D eigenvalue weighted by atomic mass is 16.2. The molecule has 1 aliphatic heterocycles. The van der Waals surface area contributed by atoms with Gasteiger partial charge in [-0.05, 0) is 55.9 Å². The fraction of sp³-hybridized carbons (Fsp3) is 0.438. The first-order valence-corrected chi connectivity index (χ1v) is 7.10. The van der Waals surface area contributed by atoms with E-state index in [1.54, 1.807) is 0 Å². The number of hydrogen-bond acceptors (Lipinski definition) is 2. The number of anilines is 2. The van der Waals surface area contributed by atoms with E-state index in [2.05, 4.69) is 12.2 Å². The number of amides is 1. The van der Waals surface area contributed by atoms with Gasteiger partial charge in [0.25, 0.3) is 0 Å². The van der Waals surface area contributed by atoms with Gasteiger partial charge < -0.3 is 10.6 Å². The Hall–Kier alpha value is -1.77. The lowest BCUT2D eigenvalue weighted by Gasteiger charge is -2.33. The van der Waals surface area contributed by atoms with Crippen LogP contribution in [0.5, 0.6) is 0 Å². The lowest BCUT2D eigenvalue weighted by atomic mass is 9.91.